The predicted molar refractivity (Wildman–Crippen MR) is 45.3 cm³/mol. The van der Waals surface area contributed by atoms with Crippen LogP contribution >= 0.6 is 0 Å². The minimum absolute atomic E-state index is 0.104. The molecule has 1 aromatic heterocycles. The summed E-state index contributed by atoms with van der Waals surface area (Å²) < 4.78 is 17.9. The Hall–Kier alpha value is -1.20. The number of nitrogens with zero attached hydrogens (tertiary/aromatic N) is 1. The molecule has 70 valence electrons. The van der Waals surface area contributed by atoms with Crippen molar-refractivity contribution in [1.82, 2.24) is 4.98 Å². The van der Waals surface area contributed by atoms with Gasteiger partial charge in [0.2, 0.25) is 0 Å². The van der Waals surface area contributed by atoms with Gasteiger partial charge in [0.25, 0.3) is 0 Å². The highest BCUT2D eigenvalue weighted by molar-refractivity contribution is 5.35. The molecular formula is C8H10FN3O. The van der Waals surface area contributed by atoms with Gasteiger partial charge in [-0.15, -0.1) is 0 Å². The molecule has 2 rings (SSSR count). The lowest BCUT2D eigenvalue weighted by atomic mass is 9.90. The zero-order valence-electron chi connectivity index (χ0n) is 6.96. The van der Waals surface area contributed by atoms with E-state index in [1.54, 1.807) is 0 Å². The summed E-state index contributed by atoms with van der Waals surface area (Å²) in [7, 11) is 0. The molecule has 0 amide bonds. The summed E-state index contributed by atoms with van der Waals surface area (Å²) in [5.74, 6) is -0.637. The number of hydrogen-bond donors (Lipinski definition) is 2. The van der Waals surface area contributed by atoms with Crippen molar-refractivity contribution in [2.45, 2.75) is 5.54 Å². The minimum atomic E-state index is -0.582. The summed E-state index contributed by atoms with van der Waals surface area (Å²) in [6.45, 7) is 0.802. The molecule has 0 aliphatic carbocycles. The summed E-state index contributed by atoms with van der Waals surface area (Å²) in [4.78, 5) is 3.69. The maximum absolute atomic E-state index is 13.0. The fourth-order valence-corrected chi connectivity index (χ4v) is 1.21. The molecule has 0 saturated carbocycles. The van der Waals surface area contributed by atoms with Crippen LogP contribution in [0.4, 0.5) is 10.2 Å². The number of aromatic nitrogens is 1. The first-order valence-electron chi connectivity index (χ1n) is 3.90. The molecule has 1 saturated heterocycles. The molecule has 13 heavy (non-hydrogen) atoms. The Bertz CT molecular complexity index is 338. The Labute approximate surface area is 74.7 Å². The molecule has 1 aromatic rings. The van der Waals surface area contributed by atoms with E-state index < -0.39 is 11.4 Å². The van der Waals surface area contributed by atoms with E-state index in [9.17, 15) is 4.39 Å². The molecule has 1 aliphatic heterocycles. The standard InChI is InChI=1S/C8H10FN3O/c9-6-1-5(2-12-7(6)10)8(11)3-13-4-8/h1-2H,3-4,11H2,(H2,10,12). The second kappa shape index (κ2) is 2.65. The summed E-state index contributed by atoms with van der Waals surface area (Å²) in [6, 6.07) is 1.31. The van der Waals surface area contributed by atoms with Gasteiger partial charge in [0.15, 0.2) is 11.6 Å². The Morgan fingerprint density at radius 3 is 2.69 bits per heavy atom. The van der Waals surface area contributed by atoms with E-state index in [2.05, 4.69) is 4.98 Å². The summed E-state index contributed by atoms with van der Waals surface area (Å²) in [5.41, 5.74) is 11.2. The van der Waals surface area contributed by atoms with E-state index in [0.29, 0.717) is 18.8 Å². The van der Waals surface area contributed by atoms with Crippen molar-refractivity contribution in [2.75, 3.05) is 18.9 Å². The number of pyridine rings is 1. The van der Waals surface area contributed by atoms with Crippen molar-refractivity contribution in [2.24, 2.45) is 5.73 Å². The summed E-state index contributed by atoms with van der Waals surface area (Å²) in [6.07, 6.45) is 1.49. The second-order valence-corrected chi connectivity index (χ2v) is 3.24. The average Bonchev–Trinajstić information content (AvgIpc) is 2.06. The minimum Gasteiger partial charge on any atom is -0.381 e. The van der Waals surface area contributed by atoms with Crippen LogP contribution in [0.15, 0.2) is 12.3 Å². The van der Waals surface area contributed by atoms with E-state index in [4.69, 9.17) is 16.2 Å². The number of rotatable bonds is 1. The zero-order chi connectivity index (χ0) is 9.47. The summed E-state index contributed by atoms with van der Waals surface area (Å²) in [5, 5.41) is 0. The second-order valence-electron chi connectivity index (χ2n) is 3.24. The van der Waals surface area contributed by atoms with E-state index >= 15 is 0 Å². The van der Waals surface area contributed by atoms with Gasteiger partial charge >= 0.3 is 0 Å². The molecule has 0 unspecified atom stereocenters. The molecule has 1 aliphatic rings. The quantitative estimate of drug-likeness (QED) is 0.642. The van der Waals surface area contributed by atoms with Crippen LogP contribution in [0.5, 0.6) is 0 Å². The molecular weight excluding hydrogens is 173 g/mol. The predicted octanol–water partition coefficient (Wildman–Crippen LogP) is -0.0129. The van der Waals surface area contributed by atoms with Crippen molar-refractivity contribution in [3.63, 3.8) is 0 Å². The fourth-order valence-electron chi connectivity index (χ4n) is 1.21. The Morgan fingerprint density at radius 2 is 2.23 bits per heavy atom. The van der Waals surface area contributed by atoms with E-state index in [1.165, 1.54) is 12.3 Å². The van der Waals surface area contributed by atoms with Gasteiger partial charge in [-0.3, -0.25) is 0 Å². The first kappa shape index (κ1) is 8.40. The van der Waals surface area contributed by atoms with Crippen LogP contribution in [0.2, 0.25) is 0 Å². The van der Waals surface area contributed by atoms with Gasteiger partial charge in [0.1, 0.15) is 0 Å². The lowest BCUT2D eigenvalue weighted by Crippen LogP contribution is -2.54. The largest absolute Gasteiger partial charge is 0.381 e. The van der Waals surface area contributed by atoms with Crippen molar-refractivity contribution in [3.8, 4) is 0 Å². The lowest BCUT2D eigenvalue weighted by molar-refractivity contribution is -0.0571. The third-order valence-corrected chi connectivity index (χ3v) is 2.16. The third kappa shape index (κ3) is 1.26. The summed E-state index contributed by atoms with van der Waals surface area (Å²) >= 11 is 0. The first-order chi connectivity index (χ1) is 6.12. The number of halogens is 1. The van der Waals surface area contributed by atoms with Crippen LogP contribution in [0.1, 0.15) is 5.56 Å². The highest BCUT2D eigenvalue weighted by Crippen LogP contribution is 2.27. The zero-order valence-corrected chi connectivity index (χ0v) is 6.96. The Balaban J connectivity index is 2.36. The third-order valence-electron chi connectivity index (χ3n) is 2.16. The van der Waals surface area contributed by atoms with E-state index in [1.807, 2.05) is 0 Å². The molecule has 4 N–H and O–H groups in total. The Morgan fingerprint density at radius 1 is 1.54 bits per heavy atom. The monoisotopic (exact) mass is 183 g/mol. The van der Waals surface area contributed by atoms with Gasteiger partial charge in [-0.05, 0) is 11.6 Å². The van der Waals surface area contributed by atoms with Gasteiger partial charge in [0.05, 0.1) is 18.8 Å². The van der Waals surface area contributed by atoms with Crippen LogP contribution in [0.3, 0.4) is 0 Å². The highest BCUT2D eigenvalue weighted by Gasteiger charge is 2.36. The number of anilines is 1. The average molecular weight is 183 g/mol. The van der Waals surface area contributed by atoms with Crippen molar-refractivity contribution < 1.29 is 9.13 Å². The van der Waals surface area contributed by atoms with Crippen LogP contribution in [0.25, 0.3) is 0 Å². The highest BCUT2D eigenvalue weighted by atomic mass is 19.1. The molecule has 2 heterocycles. The van der Waals surface area contributed by atoms with Crippen LogP contribution in [-0.2, 0) is 10.3 Å². The number of nitrogen functional groups attached to an aromatic ring is 1. The fraction of sp³-hybridized carbons (Fsp3) is 0.375. The maximum atomic E-state index is 13.0. The smallest absolute Gasteiger partial charge is 0.165 e. The number of ether oxygens (including phenoxy) is 1. The van der Waals surface area contributed by atoms with Gasteiger partial charge in [0, 0.05) is 6.20 Å². The van der Waals surface area contributed by atoms with Crippen molar-refractivity contribution in [1.29, 1.82) is 0 Å². The first-order valence-corrected chi connectivity index (χ1v) is 3.90. The van der Waals surface area contributed by atoms with Crippen LogP contribution in [-0.4, -0.2) is 18.2 Å². The molecule has 1 fully saturated rings. The van der Waals surface area contributed by atoms with Gasteiger partial charge in [-0.2, -0.15) is 0 Å². The number of hydrogen-bond acceptors (Lipinski definition) is 4. The van der Waals surface area contributed by atoms with Crippen LogP contribution in [0, 0.1) is 5.82 Å². The topological polar surface area (TPSA) is 74.2 Å². The molecule has 0 aromatic carbocycles. The van der Waals surface area contributed by atoms with Gasteiger partial charge < -0.3 is 16.2 Å². The molecule has 0 bridgehead atoms. The van der Waals surface area contributed by atoms with E-state index in [0.717, 1.165) is 0 Å². The molecule has 5 heteroatoms. The molecule has 0 atom stereocenters. The van der Waals surface area contributed by atoms with Crippen molar-refractivity contribution >= 4 is 5.82 Å². The molecule has 4 nitrogen and oxygen atoms in total. The lowest BCUT2D eigenvalue weighted by Gasteiger charge is -2.37. The Kier molecular flexibility index (Phi) is 1.71. The van der Waals surface area contributed by atoms with Crippen LogP contribution < -0.4 is 11.5 Å². The van der Waals surface area contributed by atoms with Crippen molar-refractivity contribution in [3.05, 3.63) is 23.6 Å². The normalized spacial score (nSPS) is 19.5. The van der Waals surface area contributed by atoms with Gasteiger partial charge in [-0.1, -0.05) is 0 Å². The van der Waals surface area contributed by atoms with Gasteiger partial charge in [-0.25, -0.2) is 9.37 Å². The maximum Gasteiger partial charge on any atom is 0.165 e. The molecule has 0 radical (unpaired) electrons. The number of nitrogens with two attached hydrogens (primary N) is 2. The molecule has 0 spiro atoms. The SMILES string of the molecule is Nc1ncc(C2(N)COC2)cc1F. The van der Waals surface area contributed by atoms with E-state index in [-0.39, 0.29) is 5.82 Å².